The Morgan fingerprint density at radius 2 is 2.42 bits per heavy atom. The van der Waals surface area contributed by atoms with E-state index in [-0.39, 0.29) is 5.69 Å². The summed E-state index contributed by atoms with van der Waals surface area (Å²) in [4.78, 5) is 18.4. The zero-order valence-corrected chi connectivity index (χ0v) is 6.98. The molecule has 1 aromatic heterocycles. The lowest BCUT2D eigenvalue weighted by molar-refractivity contribution is 0.802. The lowest BCUT2D eigenvalue weighted by atomic mass is 10.3. The van der Waals surface area contributed by atoms with Crippen LogP contribution in [0.3, 0.4) is 0 Å². The van der Waals surface area contributed by atoms with E-state index in [4.69, 9.17) is 5.73 Å². The second kappa shape index (κ2) is 3.17. The minimum Gasteiger partial charge on any atom is -0.390 e. The summed E-state index contributed by atoms with van der Waals surface area (Å²) in [6, 6.07) is 0. The zero-order chi connectivity index (χ0) is 9.14. The van der Waals surface area contributed by atoms with Gasteiger partial charge in [0.05, 0.1) is 6.34 Å². The number of hydrogen-bond acceptors (Lipinski definition) is 3. The Bertz CT molecular complexity index is 366. The molecule has 1 heterocycles. The number of rotatable bonds is 1. The fraction of sp³-hybridized carbons (Fsp3) is 0.286. The van der Waals surface area contributed by atoms with E-state index in [1.807, 2.05) is 6.92 Å². The molecule has 0 aliphatic rings. The van der Waals surface area contributed by atoms with E-state index < -0.39 is 0 Å². The topological polar surface area (TPSA) is 73.3 Å². The highest BCUT2D eigenvalue weighted by atomic mass is 16.1. The first-order valence-electron chi connectivity index (χ1n) is 3.43. The third-order valence-corrected chi connectivity index (χ3v) is 1.44. The van der Waals surface area contributed by atoms with Crippen LogP contribution >= 0.6 is 0 Å². The predicted molar refractivity (Wildman–Crippen MR) is 46.6 cm³/mol. The van der Waals surface area contributed by atoms with Crippen molar-refractivity contribution in [2.24, 2.45) is 17.8 Å². The van der Waals surface area contributed by atoms with Crippen LogP contribution in [0.2, 0.25) is 0 Å². The van der Waals surface area contributed by atoms with E-state index in [0.29, 0.717) is 5.82 Å². The molecular weight excluding hydrogens is 156 g/mol. The maximum Gasteiger partial charge on any atom is 0.349 e. The molecule has 0 radical (unpaired) electrons. The van der Waals surface area contributed by atoms with Crippen LogP contribution in [0.1, 0.15) is 5.56 Å². The van der Waals surface area contributed by atoms with Crippen molar-refractivity contribution >= 4 is 12.2 Å². The Hall–Kier alpha value is -1.65. The molecule has 0 unspecified atom stereocenters. The lowest BCUT2D eigenvalue weighted by Gasteiger charge is -1.99. The first-order valence-corrected chi connectivity index (χ1v) is 3.43. The highest BCUT2D eigenvalue weighted by molar-refractivity contribution is 5.58. The molecule has 0 fully saturated rings. The fourth-order valence-corrected chi connectivity index (χ4v) is 0.862. The van der Waals surface area contributed by atoms with Crippen LogP contribution in [0.4, 0.5) is 5.82 Å². The molecular formula is C7H10N4O. The molecule has 0 amide bonds. The summed E-state index contributed by atoms with van der Waals surface area (Å²) in [5.41, 5.74) is 5.56. The Morgan fingerprint density at radius 1 is 1.75 bits per heavy atom. The van der Waals surface area contributed by atoms with Gasteiger partial charge in [-0.15, -0.1) is 0 Å². The molecule has 0 saturated carbocycles. The lowest BCUT2D eigenvalue weighted by Crippen LogP contribution is -2.19. The maximum atomic E-state index is 11.0. The van der Waals surface area contributed by atoms with Crippen LogP contribution in [-0.2, 0) is 7.05 Å². The van der Waals surface area contributed by atoms with E-state index in [9.17, 15) is 4.79 Å². The molecule has 0 aliphatic heterocycles. The van der Waals surface area contributed by atoms with E-state index in [1.165, 1.54) is 4.57 Å². The monoisotopic (exact) mass is 166 g/mol. The maximum absolute atomic E-state index is 11.0. The molecule has 5 nitrogen and oxygen atoms in total. The van der Waals surface area contributed by atoms with Crippen LogP contribution < -0.4 is 11.4 Å². The molecule has 64 valence electrons. The van der Waals surface area contributed by atoms with Crippen molar-refractivity contribution < 1.29 is 0 Å². The summed E-state index contributed by atoms with van der Waals surface area (Å²) in [7, 11) is 1.64. The SMILES string of the molecule is Cc1cn(C)c(=O)nc1N=CN. The van der Waals surface area contributed by atoms with Crippen molar-refractivity contribution in [1.29, 1.82) is 0 Å². The molecule has 0 atom stereocenters. The molecule has 12 heavy (non-hydrogen) atoms. The van der Waals surface area contributed by atoms with Gasteiger partial charge in [-0.3, -0.25) is 0 Å². The van der Waals surface area contributed by atoms with Gasteiger partial charge in [-0.1, -0.05) is 0 Å². The highest BCUT2D eigenvalue weighted by Crippen LogP contribution is 2.09. The average molecular weight is 166 g/mol. The number of nitrogens with two attached hydrogens (primary N) is 1. The summed E-state index contributed by atoms with van der Waals surface area (Å²) < 4.78 is 1.39. The van der Waals surface area contributed by atoms with Crippen LogP contribution in [0.25, 0.3) is 0 Å². The molecule has 0 aliphatic carbocycles. The van der Waals surface area contributed by atoms with E-state index in [1.54, 1.807) is 13.2 Å². The minimum absolute atomic E-state index is 0.332. The first-order chi connectivity index (χ1) is 5.65. The van der Waals surface area contributed by atoms with Gasteiger partial charge in [0.1, 0.15) is 0 Å². The minimum atomic E-state index is -0.332. The van der Waals surface area contributed by atoms with E-state index in [0.717, 1.165) is 11.9 Å². The molecule has 1 aromatic rings. The number of aliphatic imine (C=N–C) groups is 1. The molecule has 2 N–H and O–H groups in total. The first kappa shape index (κ1) is 8.45. The average Bonchev–Trinajstić information content (AvgIpc) is 2.01. The van der Waals surface area contributed by atoms with Crippen LogP contribution in [0.15, 0.2) is 16.0 Å². The van der Waals surface area contributed by atoms with Gasteiger partial charge in [0.25, 0.3) is 0 Å². The van der Waals surface area contributed by atoms with Gasteiger partial charge >= 0.3 is 5.69 Å². The predicted octanol–water partition coefficient (Wildman–Crippen LogP) is -0.293. The molecule has 0 saturated heterocycles. The number of hydrogen-bond donors (Lipinski definition) is 1. The summed E-state index contributed by atoms with van der Waals surface area (Å²) >= 11 is 0. The van der Waals surface area contributed by atoms with Gasteiger partial charge in [0.15, 0.2) is 5.82 Å². The van der Waals surface area contributed by atoms with Crippen LogP contribution in [0, 0.1) is 6.92 Å². The highest BCUT2D eigenvalue weighted by Gasteiger charge is 1.99. The normalized spacial score (nSPS) is 10.8. The third-order valence-electron chi connectivity index (χ3n) is 1.44. The third kappa shape index (κ3) is 1.50. The van der Waals surface area contributed by atoms with Gasteiger partial charge in [-0.2, -0.15) is 4.98 Å². The Labute approximate surface area is 69.6 Å². The van der Waals surface area contributed by atoms with Crippen molar-refractivity contribution in [3.63, 3.8) is 0 Å². The molecule has 5 heteroatoms. The van der Waals surface area contributed by atoms with Gasteiger partial charge in [-0.25, -0.2) is 9.79 Å². The second-order valence-electron chi connectivity index (χ2n) is 2.42. The molecule has 1 rings (SSSR count). The van der Waals surface area contributed by atoms with Crippen molar-refractivity contribution in [3.8, 4) is 0 Å². The molecule has 0 aromatic carbocycles. The smallest absolute Gasteiger partial charge is 0.349 e. The number of nitrogens with zero attached hydrogens (tertiary/aromatic N) is 3. The van der Waals surface area contributed by atoms with Gasteiger partial charge in [-0.05, 0) is 6.92 Å². The van der Waals surface area contributed by atoms with Gasteiger partial charge in [0, 0.05) is 18.8 Å². The molecule has 0 spiro atoms. The molecule has 0 bridgehead atoms. The van der Waals surface area contributed by atoms with Gasteiger partial charge in [0.2, 0.25) is 0 Å². The van der Waals surface area contributed by atoms with Crippen molar-refractivity contribution in [3.05, 3.63) is 22.2 Å². The summed E-state index contributed by atoms with van der Waals surface area (Å²) in [6.07, 6.45) is 2.78. The second-order valence-corrected chi connectivity index (χ2v) is 2.42. The Morgan fingerprint density at radius 3 is 3.00 bits per heavy atom. The summed E-state index contributed by atoms with van der Waals surface area (Å²) in [5, 5.41) is 0. The number of aromatic nitrogens is 2. The zero-order valence-electron chi connectivity index (χ0n) is 6.98. The van der Waals surface area contributed by atoms with Crippen molar-refractivity contribution in [2.45, 2.75) is 6.92 Å². The Balaban J connectivity index is 3.33. The summed E-state index contributed by atoms with van der Waals surface area (Å²) in [6.45, 7) is 1.81. The Kier molecular flexibility index (Phi) is 2.23. The van der Waals surface area contributed by atoms with Crippen LogP contribution in [-0.4, -0.2) is 15.9 Å². The van der Waals surface area contributed by atoms with Gasteiger partial charge < -0.3 is 10.3 Å². The largest absolute Gasteiger partial charge is 0.390 e. The number of aryl methyl sites for hydroxylation is 2. The summed E-state index contributed by atoms with van der Waals surface area (Å²) in [5.74, 6) is 0.376. The fourth-order valence-electron chi connectivity index (χ4n) is 0.862. The van der Waals surface area contributed by atoms with Crippen molar-refractivity contribution in [1.82, 2.24) is 9.55 Å². The quantitative estimate of drug-likeness (QED) is 0.460. The van der Waals surface area contributed by atoms with E-state index >= 15 is 0 Å². The van der Waals surface area contributed by atoms with Crippen molar-refractivity contribution in [2.75, 3.05) is 0 Å². The van der Waals surface area contributed by atoms with E-state index in [2.05, 4.69) is 9.98 Å². The standard InChI is InChI=1S/C7H10N4O/c1-5-3-11(2)7(12)10-6(5)9-4-8/h3-4H,1-2H3,(H2,8,9,10,12). The van der Waals surface area contributed by atoms with Crippen LogP contribution in [0.5, 0.6) is 0 Å².